The molecule has 0 unspecified atom stereocenters. The minimum absolute atomic E-state index is 0. The monoisotopic (exact) mass is 519 g/mol. The van der Waals surface area contributed by atoms with Gasteiger partial charge in [-0.05, 0) is 43.3 Å². The van der Waals surface area contributed by atoms with E-state index in [1.54, 1.807) is 79.9 Å². The van der Waals surface area contributed by atoms with Crippen LogP contribution >= 0.6 is 0 Å². The van der Waals surface area contributed by atoms with Crippen LogP contribution in [0.5, 0.6) is 17.2 Å². The summed E-state index contributed by atoms with van der Waals surface area (Å²) in [6, 6.07) is 33.5. The van der Waals surface area contributed by atoms with Crippen molar-refractivity contribution in [3.8, 4) is 17.2 Å². The molecular formula is C26H22O4SY-2. The van der Waals surface area contributed by atoms with E-state index in [1.807, 2.05) is 31.2 Å². The molecule has 4 aromatic rings. The van der Waals surface area contributed by atoms with Crippen molar-refractivity contribution in [2.45, 2.75) is 16.7 Å². The zero-order valence-corrected chi connectivity index (χ0v) is 21.5. The molecule has 0 aliphatic rings. The van der Waals surface area contributed by atoms with Crippen molar-refractivity contribution >= 4 is 9.84 Å². The summed E-state index contributed by atoms with van der Waals surface area (Å²) in [7, 11) is -1.86. The van der Waals surface area contributed by atoms with Crippen LogP contribution in [0.4, 0.5) is 0 Å². The first kappa shape index (κ1) is 25.8. The van der Waals surface area contributed by atoms with E-state index in [0.717, 1.165) is 11.3 Å². The first-order valence-corrected chi connectivity index (χ1v) is 11.0. The maximum absolute atomic E-state index is 12.6. The first-order valence-electron chi connectivity index (χ1n) is 9.55. The minimum Gasteiger partial charge on any atom is -0.522 e. The van der Waals surface area contributed by atoms with Crippen molar-refractivity contribution < 1.29 is 50.6 Å². The van der Waals surface area contributed by atoms with Crippen LogP contribution in [0.1, 0.15) is 5.56 Å². The van der Waals surface area contributed by atoms with Crippen LogP contribution < -0.4 is 9.47 Å². The summed E-state index contributed by atoms with van der Waals surface area (Å²) < 4.78 is 35.7. The number of rotatable bonds is 5. The van der Waals surface area contributed by atoms with Gasteiger partial charge < -0.3 is 9.47 Å². The van der Waals surface area contributed by atoms with E-state index in [-0.39, 0.29) is 42.5 Å². The van der Waals surface area contributed by atoms with Gasteiger partial charge in [0.05, 0.1) is 16.9 Å². The average Bonchev–Trinajstić information content (AvgIpc) is 2.81. The fourth-order valence-corrected chi connectivity index (χ4v) is 3.88. The first-order chi connectivity index (χ1) is 15.0. The van der Waals surface area contributed by atoms with Gasteiger partial charge in [-0.1, -0.05) is 17.7 Å². The third-order valence-electron chi connectivity index (χ3n) is 4.31. The predicted molar refractivity (Wildman–Crippen MR) is 120 cm³/mol. The second kappa shape index (κ2) is 12.5. The Morgan fingerprint density at radius 1 is 0.625 bits per heavy atom. The molecule has 4 aromatic carbocycles. The maximum atomic E-state index is 12.6. The Bertz CT molecular complexity index is 1180. The Kier molecular flexibility index (Phi) is 10.1. The molecule has 161 valence electrons. The topological polar surface area (TPSA) is 52.6 Å². The molecule has 0 saturated heterocycles. The third kappa shape index (κ3) is 7.30. The van der Waals surface area contributed by atoms with Crippen LogP contribution in [0.2, 0.25) is 0 Å². The summed E-state index contributed by atoms with van der Waals surface area (Å²) in [5.41, 5.74) is 1.02. The summed E-state index contributed by atoms with van der Waals surface area (Å²) in [5.74, 6) is 2.14. The van der Waals surface area contributed by atoms with Gasteiger partial charge in [0.25, 0.3) is 0 Å². The molecule has 0 aromatic heterocycles. The Labute approximate surface area is 215 Å². The van der Waals surface area contributed by atoms with Gasteiger partial charge in [-0.2, -0.15) is 36.4 Å². The summed E-state index contributed by atoms with van der Waals surface area (Å²) in [5, 5.41) is 0. The van der Waals surface area contributed by atoms with Gasteiger partial charge in [0.15, 0.2) is 0 Å². The Morgan fingerprint density at radius 2 is 1.03 bits per heavy atom. The molecule has 0 aliphatic heterocycles. The standard InChI is InChI=1S/C19H15O3S.C7H7O.Y/c1-15-7-11-18(12-8-15)23(20,21)19-13-9-17(10-14-19)22-16-5-3-2-4-6-16;1-8-7-5-3-2-4-6-7;/h3-14H,1H3;3-6H,1H3;/q2*-1;. The second-order valence-corrected chi connectivity index (χ2v) is 8.52. The molecule has 4 nitrogen and oxygen atoms in total. The molecule has 0 atom stereocenters. The minimum atomic E-state index is -3.51. The molecule has 0 fully saturated rings. The van der Waals surface area contributed by atoms with Crippen molar-refractivity contribution in [3.05, 3.63) is 115 Å². The molecule has 32 heavy (non-hydrogen) atoms. The summed E-state index contributed by atoms with van der Waals surface area (Å²) in [4.78, 5) is 0.533. The fourth-order valence-electron chi connectivity index (χ4n) is 2.62. The molecule has 0 bridgehead atoms. The Hall–Kier alpha value is -2.47. The van der Waals surface area contributed by atoms with Gasteiger partial charge in [-0.15, -0.1) is 24.3 Å². The third-order valence-corrected chi connectivity index (χ3v) is 6.10. The molecule has 0 amide bonds. The van der Waals surface area contributed by atoms with E-state index >= 15 is 0 Å². The van der Waals surface area contributed by atoms with E-state index in [0.29, 0.717) is 11.5 Å². The normalized spacial score (nSPS) is 10.2. The van der Waals surface area contributed by atoms with E-state index in [2.05, 4.69) is 12.1 Å². The smallest absolute Gasteiger partial charge is 0.206 e. The maximum Gasteiger partial charge on any atom is 0.206 e. The van der Waals surface area contributed by atoms with Gasteiger partial charge in [-0.25, -0.2) is 8.42 Å². The van der Waals surface area contributed by atoms with Crippen LogP contribution in [0, 0.1) is 19.1 Å². The molecule has 0 N–H and O–H groups in total. The van der Waals surface area contributed by atoms with Crippen molar-refractivity contribution in [1.82, 2.24) is 0 Å². The summed E-state index contributed by atoms with van der Waals surface area (Å²) >= 11 is 0. The molecule has 0 spiro atoms. The molecule has 1 radical (unpaired) electrons. The Morgan fingerprint density at radius 3 is 1.47 bits per heavy atom. The molecule has 0 saturated carbocycles. The van der Waals surface area contributed by atoms with E-state index < -0.39 is 9.84 Å². The molecular weight excluding hydrogens is 497 g/mol. The zero-order chi connectivity index (χ0) is 22.1. The number of hydrogen-bond acceptors (Lipinski definition) is 4. The predicted octanol–water partition coefficient (Wildman–Crippen LogP) is 5.91. The van der Waals surface area contributed by atoms with Crippen LogP contribution in [-0.2, 0) is 42.5 Å². The number of sulfone groups is 1. The van der Waals surface area contributed by atoms with Gasteiger partial charge in [-0.3, -0.25) is 0 Å². The fraction of sp³-hybridized carbons (Fsp3) is 0.0769. The molecule has 0 heterocycles. The van der Waals surface area contributed by atoms with Crippen molar-refractivity contribution in [3.63, 3.8) is 0 Å². The largest absolute Gasteiger partial charge is 0.522 e. The molecule has 4 rings (SSSR count). The van der Waals surface area contributed by atoms with E-state index in [1.165, 1.54) is 0 Å². The van der Waals surface area contributed by atoms with Crippen LogP contribution in [0.15, 0.2) is 107 Å². The molecule has 6 heteroatoms. The quantitative estimate of drug-likeness (QED) is 0.308. The number of ether oxygens (including phenoxy) is 2. The van der Waals surface area contributed by atoms with E-state index in [4.69, 9.17) is 9.47 Å². The van der Waals surface area contributed by atoms with Crippen molar-refractivity contribution in [2.24, 2.45) is 0 Å². The SMILES string of the molecule is COc1cc[c-]cc1.Cc1ccc(S(=O)(=O)c2ccc(Oc3cc[c-]cc3)cc2)cc1.[Y]. The molecule has 0 aliphatic carbocycles. The number of aryl methyl sites for hydroxylation is 1. The van der Waals surface area contributed by atoms with Crippen molar-refractivity contribution in [1.29, 1.82) is 0 Å². The second-order valence-electron chi connectivity index (χ2n) is 6.57. The van der Waals surface area contributed by atoms with Gasteiger partial charge in [0.1, 0.15) is 5.75 Å². The zero-order valence-electron chi connectivity index (χ0n) is 17.9. The van der Waals surface area contributed by atoms with Gasteiger partial charge >= 0.3 is 0 Å². The summed E-state index contributed by atoms with van der Waals surface area (Å²) in [6.45, 7) is 1.92. The number of methoxy groups -OCH3 is 1. The average molecular weight is 519 g/mol. The van der Waals surface area contributed by atoms with Crippen LogP contribution in [-0.4, -0.2) is 15.5 Å². The van der Waals surface area contributed by atoms with Crippen LogP contribution in [0.3, 0.4) is 0 Å². The van der Waals surface area contributed by atoms with E-state index in [9.17, 15) is 8.42 Å². The van der Waals surface area contributed by atoms with Gasteiger partial charge in [0.2, 0.25) is 9.84 Å². The summed E-state index contributed by atoms with van der Waals surface area (Å²) in [6.07, 6.45) is 0. The van der Waals surface area contributed by atoms with Crippen LogP contribution in [0.25, 0.3) is 0 Å². The van der Waals surface area contributed by atoms with Gasteiger partial charge in [0, 0.05) is 44.2 Å². The number of benzene rings is 4. The Balaban J connectivity index is 0.000000342. The van der Waals surface area contributed by atoms with Crippen molar-refractivity contribution in [2.75, 3.05) is 7.11 Å². The number of hydrogen-bond donors (Lipinski definition) is 0.